The zero-order valence-corrected chi connectivity index (χ0v) is 12.7. The van der Waals surface area contributed by atoms with Crippen molar-refractivity contribution in [1.29, 1.82) is 0 Å². The van der Waals surface area contributed by atoms with Gasteiger partial charge in [-0.3, -0.25) is 4.79 Å². The summed E-state index contributed by atoms with van der Waals surface area (Å²) in [4.78, 5) is 12.0. The molecule has 0 fully saturated rings. The molecule has 0 aliphatic rings. The van der Waals surface area contributed by atoms with E-state index in [1.807, 2.05) is 49.4 Å². The van der Waals surface area contributed by atoms with Crippen molar-refractivity contribution >= 4 is 5.91 Å². The lowest BCUT2D eigenvalue weighted by Crippen LogP contribution is -2.23. The van der Waals surface area contributed by atoms with Crippen molar-refractivity contribution in [2.45, 2.75) is 20.2 Å². The molecule has 0 unspecified atom stereocenters. The highest BCUT2D eigenvalue weighted by Gasteiger charge is 2.10. The summed E-state index contributed by atoms with van der Waals surface area (Å²) in [7, 11) is 0. The fraction of sp³-hybridized carbons (Fsp3) is 0.176. The Bertz CT molecular complexity index is 777. The van der Waals surface area contributed by atoms with E-state index in [0.29, 0.717) is 18.0 Å². The van der Waals surface area contributed by atoms with Crippen LogP contribution in [0.15, 0.2) is 59.1 Å². The molecule has 6 nitrogen and oxygen atoms in total. The van der Waals surface area contributed by atoms with Crippen molar-refractivity contribution in [3.63, 3.8) is 0 Å². The molecule has 0 atom stereocenters. The van der Waals surface area contributed by atoms with E-state index in [-0.39, 0.29) is 12.6 Å². The van der Waals surface area contributed by atoms with Gasteiger partial charge in [0.25, 0.3) is 5.91 Å². The first kappa shape index (κ1) is 14.9. The molecule has 0 aliphatic carbocycles. The molecular weight excluding hydrogens is 294 g/mol. The number of hydrogen-bond acceptors (Lipinski definition) is 4. The normalized spacial score (nSPS) is 10.5. The summed E-state index contributed by atoms with van der Waals surface area (Å²) in [6.07, 6.45) is 1.70. The Morgan fingerprint density at radius 1 is 1.22 bits per heavy atom. The van der Waals surface area contributed by atoms with Crippen LogP contribution in [0.5, 0.6) is 5.75 Å². The summed E-state index contributed by atoms with van der Waals surface area (Å²) in [5.41, 5.74) is 0.338. The molecule has 0 radical (unpaired) electrons. The minimum atomic E-state index is -0.252. The molecule has 0 saturated heterocycles. The number of carbonyl (C=O) groups excluding carboxylic acids is 1. The SMILES string of the molecule is Cc1ccc(CNC(=O)c2ccn(COc3ccccc3)n2)o1. The molecule has 0 bridgehead atoms. The Morgan fingerprint density at radius 2 is 2.04 bits per heavy atom. The molecule has 1 N–H and O–H groups in total. The van der Waals surface area contributed by atoms with Crippen LogP contribution in [0, 0.1) is 6.92 Å². The second-order valence-electron chi connectivity index (χ2n) is 5.02. The van der Waals surface area contributed by atoms with E-state index in [1.54, 1.807) is 16.9 Å². The predicted octanol–water partition coefficient (Wildman–Crippen LogP) is 2.75. The average molecular weight is 311 g/mol. The zero-order valence-electron chi connectivity index (χ0n) is 12.7. The van der Waals surface area contributed by atoms with E-state index < -0.39 is 0 Å². The Balaban J connectivity index is 1.52. The number of aryl methyl sites for hydroxylation is 1. The standard InChI is InChI=1S/C17H17N3O3/c1-13-7-8-15(23-13)11-18-17(21)16-9-10-20(19-16)12-22-14-5-3-2-4-6-14/h2-10H,11-12H2,1H3,(H,18,21). The molecule has 6 heteroatoms. The molecule has 3 rings (SSSR count). The number of ether oxygens (including phenoxy) is 1. The first-order valence-electron chi connectivity index (χ1n) is 7.25. The summed E-state index contributed by atoms with van der Waals surface area (Å²) in [6.45, 7) is 2.44. The van der Waals surface area contributed by atoms with Crippen molar-refractivity contribution < 1.29 is 13.9 Å². The van der Waals surface area contributed by atoms with Gasteiger partial charge in [-0.2, -0.15) is 5.10 Å². The highest BCUT2D eigenvalue weighted by Crippen LogP contribution is 2.09. The van der Waals surface area contributed by atoms with Gasteiger partial charge in [-0.25, -0.2) is 4.68 Å². The third-order valence-corrected chi connectivity index (χ3v) is 3.20. The highest BCUT2D eigenvalue weighted by atomic mass is 16.5. The molecule has 1 aromatic carbocycles. The molecule has 3 aromatic rings. The van der Waals surface area contributed by atoms with E-state index in [4.69, 9.17) is 9.15 Å². The van der Waals surface area contributed by atoms with Crippen LogP contribution in [-0.4, -0.2) is 15.7 Å². The molecule has 2 heterocycles. The van der Waals surface area contributed by atoms with Gasteiger partial charge in [-0.05, 0) is 37.3 Å². The van der Waals surface area contributed by atoms with Gasteiger partial charge < -0.3 is 14.5 Å². The average Bonchev–Trinajstić information content (AvgIpc) is 3.21. The number of rotatable bonds is 6. The number of hydrogen-bond donors (Lipinski definition) is 1. The topological polar surface area (TPSA) is 69.3 Å². The van der Waals surface area contributed by atoms with Gasteiger partial charge in [-0.1, -0.05) is 18.2 Å². The van der Waals surface area contributed by atoms with Crippen LogP contribution in [0.2, 0.25) is 0 Å². The van der Waals surface area contributed by atoms with Crippen LogP contribution in [0.1, 0.15) is 22.0 Å². The summed E-state index contributed by atoms with van der Waals surface area (Å²) >= 11 is 0. The smallest absolute Gasteiger partial charge is 0.272 e. The predicted molar refractivity (Wildman–Crippen MR) is 83.9 cm³/mol. The van der Waals surface area contributed by atoms with Crippen molar-refractivity contribution in [1.82, 2.24) is 15.1 Å². The lowest BCUT2D eigenvalue weighted by molar-refractivity contribution is 0.0941. The monoisotopic (exact) mass is 311 g/mol. The van der Waals surface area contributed by atoms with Crippen molar-refractivity contribution in [3.05, 3.63) is 71.9 Å². The summed E-state index contributed by atoms with van der Waals surface area (Å²) < 4.78 is 12.5. The first-order chi connectivity index (χ1) is 11.2. The number of para-hydroxylation sites is 1. The molecule has 0 spiro atoms. The maximum absolute atomic E-state index is 12.0. The Labute approximate surface area is 133 Å². The Morgan fingerprint density at radius 3 is 2.78 bits per heavy atom. The molecule has 2 aromatic heterocycles. The van der Waals surface area contributed by atoms with Gasteiger partial charge in [0.1, 0.15) is 23.0 Å². The van der Waals surface area contributed by atoms with Crippen LogP contribution in [0.25, 0.3) is 0 Å². The quantitative estimate of drug-likeness (QED) is 0.760. The van der Waals surface area contributed by atoms with Crippen LogP contribution in [0.3, 0.4) is 0 Å². The molecule has 0 saturated carbocycles. The number of nitrogens with zero attached hydrogens (tertiary/aromatic N) is 2. The molecule has 1 amide bonds. The van der Waals surface area contributed by atoms with E-state index in [0.717, 1.165) is 11.5 Å². The summed E-state index contributed by atoms with van der Waals surface area (Å²) in [5.74, 6) is 2.03. The van der Waals surface area contributed by atoms with E-state index in [1.165, 1.54) is 0 Å². The van der Waals surface area contributed by atoms with Gasteiger partial charge in [0.2, 0.25) is 0 Å². The third-order valence-electron chi connectivity index (χ3n) is 3.20. The maximum Gasteiger partial charge on any atom is 0.272 e. The number of nitrogens with one attached hydrogen (secondary N) is 1. The van der Waals surface area contributed by atoms with Crippen molar-refractivity contribution in [2.75, 3.05) is 0 Å². The number of benzene rings is 1. The zero-order chi connectivity index (χ0) is 16.1. The minimum Gasteiger partial charge on any atom is -0.471 e. The lowest BCUT2D eigenvalue weighted by atomic mass is 10.3. The van der Waals surface area contributed by atoms with Gasteiger partial charge in [0, 0.05) is 6.20 Å². The number of aromatic nitrogens is 2. The van der Waals surface area contributed by atoms with Gasteiger partial charge in [-0.15, -0.1) is 0 Å². The number of amides is 1. The highest BCUT2D eigenvalue weighted by molar-refractivity contribution is 5.92. The third kappa shape index (κ3) is 4.00. The van der Waals surface area contributed by atoms with Gasteiger partial charge in [0.15, 0.2) is 6.73 Å². The van der Waals surface area contributed by atoms with E-state index in [2.05, 4.69) is 10.4 Å². The van der Waals surface area contributed by atoms with Crippen LogP contribution < -0.4 is 10.1 Å². The van der Waals surface area contributed by atoms with E-state index >= 15 is 0 Å². The van der Waals surface area contributed by atoms with Crippen molar-refractivity contribution in [3.8, 4) is 5.75 Å². The minimum absolute atomic E-state index is 0.245. The second-order valence-corrected chi connectivity index (χ2v) is 5.02. The van der Waals surface area contributed by atoms with Crippen LogP contribution >= 0.6 is 0 Å². The van der Waals surface area contributed by atoms with Crippen molar-refractivity contribution in [2.24, 2.45) is 0 Å². The molecule has 23 heavy (non-hydrogen) atoms. The molecular formula is C17H17N3O3. The molecule has 118 valence electrons. The number of furan rings is 1. The second kappa shape index (κ2) is 6.83. The fourth-order valence-corrected chi connectivity index (χ4v) is 2.05. The largest absolute Gasteiger partial charge is 0.471 e. The molecule has 0 aliphatic heterocycles. The van der Waals surface area contributed by atoms with Crippen LogP contribution in [-0.2, 0) is 13.3 Å². The van der Waals surface area contributed by atoms with Gasteiger partial charge in [0.05, 0.1) is 6.54 Å². The lowest BCUT2D eigenvalue weighted by Gasteiger charge is -2.05. The summed E-state index contributed by atoms with van der Waals surface area (Å²) in [6, 6.07) is 14.8. The van der Waals surface area contributed by atoms with Gasteiger partial charge >= 0.3 is 0 Å². The Hall–Kier alpha value is -3.02. The van der Waals surface area contributed by atoms with E-state index in [9.17, 15) is 4.79 Å². The summed E-state index contributed by atoms with van der Waals surface area (Å²) in [5, 5.41) is 6.96. The fourth-order valence-electron chi connectivity index (χ4n) is 2.05. The van der Waals surface area contributed by atoms with Crippen LogP contribution in [0.4, 0.5) is 0 Å². The Kier molecular flexibility index (Phi) is 4.42. The number of carbonyl (C=O) groups is 1. The maximum atomic E-state index is 12.0. The first-order valence-corrected chi connectivity index (χ1v) is 7.25.